The van der Waals surface area contributed by atoms with Crippen molar-refractivity contribution in [2.45, 2.75) is 0 Å². The minimum Gasteiger partial charge on any atom is -0.355 e. The van der Waals surface area contributed by atoms with Crippen LogP contribution in [-0.4, -0.2) is 15.9 Å². The SMILES string of the molecule is O=C(c1cccnc1)c1c(-c2ccc(Cl)cc2F)noc1-c1ccc(F)cc1F. The Kier molecular flexibility index (Phi) is 4.90. The van der Waals surface area contributed by atoms with E-state index in [0.29, 0.717) is 6.07 Å². The minimum atomic E-state index is -0.954. The number of halogens is 4. The van der Waals surface area contributed by atoms with Gasteiger partial charge in [0.2, 0.25) is 5.78 Å². The molecule has 0 saturated heterocycles. The zero-order valence-corrected chi connectivity index (χ0v) is 15.3. The highest BCUT2D eigenvalue weighted by Crippen LogP contribution is 2.36. The summed E-state index contributed by atoms with van der Waals surface area (Å²) in [7, 11) is 0. The first-order valence-corrected chi connectivity index (χ1v) is 8.68. The van der Waals surface area contributed by atoms with Gasteiger partial charge in [-0.05, 0) is 42.5 Å². The number of rotatable bonds is 4. The van der Waals surface area contributed by atoms with Gasteiger partial charge in [0, 0.05) is 34.6 Å². The van der Waals surface area contributed by atoms with Crippen molar-refractivity contribution in [3.63, 3.8) is 0 Å². The van der Waals surface area contributed by atoms with Gasteiger partial charge in [-0.2, -0.15) is 0 Å². The number of nitrogens with zero attached hydrogens (tertiary/aromatic N) is 2. The molecule has 0 saturated carbocycles. The smallest absolute Gasteiger partial charge is 0.200 e. The summed E-state index contributed by atoms with van der Waals surface area (Å²) in [5.74, 6) is -3.35. The second-order valence-electron chi connectivity index (χ2n) is 6.05. The molecule has 29 heavy (non-hydrogen) atoms. The molecule has 2 aromatic carbocycles. The second-order valence-corrected chi connectivity index (χ2v) is 6.49. The number of ketones is 1. The summed E-state index contributed by atoms with van der Waals surface area (Å²) < 4.78 is 47.5. The zero-order valence-electron chi connectivity index (χ0n) is 14.5. The maximum absolute atomic E-state index is 14.5. The van der Waals surface area contributed by atoms with E-state index in [1.807, 2.05) is 0 Å². The van der Waals surface area contributed by atoms with E-state index in [0.717, 1.165) is 18.2 Å². The molecule has 4 aromatic rings. The Morgan fingerprint density at radius 2 is 1.72 bits per heavy atom. The van der Waals surface area contributed by atoms with E-state index in [1.54, 1.807) is 6.07 Å². The van der Waals surface area contributed by atoms with Crippen LogP contribution in [0, 0.1) is 17.5 Å². The monoisotopic (exact) mass is 414 g/mol. The maximum atomic E-state index is 14.5. The van der Waals surface area contributed by atoms with E-state index in [4.69, 9.17) is 16.1 Å². The predicted octanol–water partition coefficient (Wildman–Crippen LogP) is 5.71. The standard InChI is InChI=1S/C21H10ClF3N2O2/c22-12-3-5-14(16(24)8-12)19-18(20(28)11-2-1-7-26-10-11)21(29-27-19)15-6-4-13(23)9-17(15)25/h1-10H. The Hall–Kier alpha value is -3.45. The van der Waals surface area contributed by atoms with Gasteiger partial charge in [-0.15, -0.1) is 0 Å². The lowest BCUT2D eigenvalue weighted by Crippen LogP contribution is -2.05. The fourth-order valence-electron chi connectivity index (χ4n) is 2.87. The van der Waals surface area contributed by atoms with Gasteiger partial charge in [-0.3, -0.25) is 9.78 Å². The van der Waals surface area contributed by atoms with Crippen LogP contribution in [0.3, 0.4) is 0 Å². The molecule has 4 rings (SSSR count). The average molecular weight is 415 g/mol. The van der Waals surface area contributed by atoms with Gasteiger partial charge in [0.05, 0.1) is 11.1 Å². The number of hydrogen-bond acceptors (Lipinski definition) is 4. The molecule has 4 nitrogen and oxygen atoms in total. The van der Waals surface area contributed by atoms with Crippen LogP contribution in [0.4, 0.5) is 13.2 Å². The molecular formula is C21H10ClF3N2O2. The highest BCUT2D eigenvalue weighted by molar-refractivity contribution is 6.30. The Balaban J connectivity index is 1.98. The van der Waals surface area contributed by atoms with Gasteiger partial charge in [0.25, 0.3) is 0 Å². The van der Waals surface area contributed by atoms with Crippen molar-refractivity contribution in [1.82, 2.24) is 10.1 Å². The summed E-state index contributed by atoms with van der Waals surface area (Å²) in [6.07, 6.45) is 2.78. The average Bonchev–Trinajstić information content (AvgIpc) is 3.12. The quantitative estimate of drug-likeness (QED) is 0.402. The van der Waals surface area contributed by atoms with Gasteiger partial charge in [-0.1, -0.05) is 16.8 Å². The molecule has 0 aliphatic rings. The molecule has 0 fully saturated rings. The van der Waals surface area contributed by atoms with Gasteiger partial charge >= 0.3 is 0 Å². The lowest BCUT2D eigenvalue weighted by atomic mass is 9.95. The number of pyridine rings is 1. The molecule has 0 bridgehead atoms. The summed E-state index contributed by atoms with van der Waals surface area (Å²) in [4.78, 5) is 17.1. The summed E-state index contributed by atoms with van der Waals surface area (Å²) in [5, 5.41) is 3.96. The fourth-order valence-corrected chi connectivity index (χ4v) is 3.02. The van der Waals surface area contributed by atoms with Crippen molar-refractivity contribution in [2.24, 2.45) is 0 Å². The third-order valence-electron chi connectivity index (χ3n) is 4.20. The molecule has 0 radical (unpaired) electrons. The van der Waals surface area contributed by atoms with Crippen LogP contribution in [-0.2, 0) is 0 Å². The summed E-state index contributed by atoms with van der Waals surface area (Å²) >= 11 is 5.80. The van der Waals surface area contributed by atoms with Crippen molar-refractivity contribution in [3.05, 3.63) is 94.5 Å². The van der Waals surface area contributed by atoms with E-state index < -0.39 is 23.2 Å². The molecule has 2 aromatic heterocycles. The first kappa shape index (κ1) is 18.9. The Morgan fingerprint density at radius 1 is 0.966 bits per heavy atom. The van der Waals surface area contributed by atoms with Gasteiger partial charge in [-0.25, -0.2) is 13.2 Å². The van der Waals surface area contributed by atoms with Crippen LogP contribution < -0.4 is 0 Å². The molecular weight excluding hydrogens is 405 g/mol. The molecule has 0 amide bonds. The molecule has 144 valence electrons. The zero-order chi connectivity index (χ0) is 20.5. The molecule has 0 aliphatic heterocycles. The highest BCUT2D eigenvalue weighted by Gasteiger charge is 2.29. The van der Waals surface area contributed by atoms with E-state index in [-0.39, 0.29) is 38.7 Å². The van der Waals surface area contributed by atoms with Crippen molar-refractivity contribution in [3.8, 4) is 22.6 Å². The van der Waals surface area contributed by atoms with Crippen LogP contribution in [0.1, 0.15) is 15.9 Å². The third kappa shape index (κ3) is 3.52. The first-order valence-electron chi connectivity index (χ1n) is 8.31. The van der Waals surface area contributed by atoms with Gasteiger partial charge in [0.15, 0.2) is 5.76 Å². The normalized spacial score (nSPS) is 10.9. The van der Waals surface area contributed by atoms with Crippen LogP contribution in [0.5, 0.6) is 0 Å². The Morgan fingerprint density at radius 3 is 2.41 bits per heavy atom. The second kappa shape index (κ2) is 7.52. The van der Waals surface area contributed by atoms with E-state index in [9.17, 15) is 18.0 Å². The van der Waals surface area contributed by atoms with Gasteiger partial charge in [0.1, 0.15) is 23.1 Å². The third-order valence-corrected chi connectivity index (χ3v) is 4.44. The van der Waals surface area contributed by atoms with Crippen molar-refractivity contribution >= 4 is 17.4 Å². The summed E-state index contributed by atoms with van der Waals surface area (Å²) in [5.41, 5.74) is -0.391. The predicted molar refractivity (Wildman–Crippen MR) is 99.9 cm³/mol. The lowest BCUT2D eigenvalue weighted by Gasteiger charge is -2.06. The lowest BCUT2D eigenvalue weighted by molar-refractivity contribution is 0.103. The Bertz CT molecular complexity index is 1160. The number of carbonyl (C=O) groups is 1. The van der Waals surface area contributed by atoms with Crippen molar-refractivity contribution in [1.29, 1.82) is 0 Å². The molecule has 0 atom stereocenters. The van der Waals surface area contributed by atoms with Crippen LogP contribution >= 0.6 is 11.6 Å². The van der Waals surface area contributed by atoms with Crippen LogP contribution in [0.2, 0.25) is 5.02 Å². The molecule has 2 heterocycles. The van der Waals surface area contributed by atoms with Gasteiger partial charge < -0.3 is 4.52 Å². The summed E-state index contributed by atoms with van der Waals surface area (Å²) in [6, 6.07) is 9.64. The summed E-state index contributed by atoms with van der Waals surface area (Å²) in [6.45, 7) is 0. The molecule has 0 spiro atoms. The van der Waals surface area contributed by atoms with E-state index in [2.05, 4.69) is 10.1 Å². The molecule has 0 aliphatic carbocycles. The highest BCUT2D eigenvalue weighted by atomic mass is 35.5. The van der Waals surface area contributed by atoms with Crippen molar-refractivity contribution < 1.29 is 22.5 Å². The molecule has 0 N–H and O–H groups in total. The maximum Gasteiger partial charge on any atom is 0.200 e. The topological polar surface area (TPSA) is 56.0 Å². The van der Waals surface area contributed by atoms with Crippen LogP contribution in [0.15, 0.2) is 65.4 Å². The number of benzene rings is 2. The van der Waals surface area contributed by atoms with E-state index in [1.165, 1.54) is 30.6 Å². The molecule has 8 heteroatoms. The number of carbonyl (C=O) groups excluding carboxylic acids is 1. The number of hydrogen-bond donors (Lipinski definition) is 0. The Labute approximate surface area is 167 Å². The first-order chi connectivity index (χ1) is 14.0. The molecule has 0 unspecified atom stereocenters. The van der Waals surface area contributed by atoms with Crippen LogP contribution in [0.25, 0.3) is 22.6 Å². The van der Waals surface area contributed by atoms with Crippen molar-refractivity contribution in [2.75, 3.05) is 0 Å². The fraction of sp³-hybridized carbons (Fsp3) is 0. The largest absolute Gasteiger partial charge is 0.355 e. The van der Waals surface area contributed by atoms with E-state index >= 15 is 0 Å². The number of aromatic nitrogens is 2. The minimum absolute atomic E-state index is 0.0563.